The summed E-state index contributed by atoms with van der Waals surface area (Å²) in [5, 5.41) is 0.272. The first-order valence-corrected chi connectivity index (χ1v) is 10.7. The standard InChI is InChI=1S/C20H21ClN2O5S/c1-13-11-15(27-2)7-9-18(13)29(25,26)23-14(5-4-6-20(24)28-3)12-16-17(23)8-10-19(21)22-16/h7-12H,4-6H2,1-3H3. The molecule has 0 radical (unpaired) electrons. The lowest BCUT2D eigenvalue weighted by Gasteiger charge is -2.14. The summed E-state index contributed by atoms with van der Waals surface area (Å²) in [6, 6.07) is 9.67. The number of hydrogen-bond donors (Lipinski definition) is 0. The van der Waals surface area contributed by atoms with Gasteiger partial charge in [0.05, 0.1) is 30.1 Å². The van der Waals surface area contributed by atoms with Crippen molar-refractivity contribution in [3.05, 3.63) is 52.8 Å². The quantitative estimate of drug-likeness (QED) is 0.414. The Morgan fingerprint density at radius 1 is 1.17 bits per heavy atom. The summed E-state index contributed by atoms with van der Waals surface area (Å²) in [5.41, 5.74) is 1.99. The van der Waals surface area contributed by atoms with Crippen LogP contribution < -0.4 is 4.74 Å². The molecule has 0 bridgehead atoms. The molecule has 0 aliphatic heterocycles. The van der Waals surface area contributed by atoms with E-state index in [2.05, 4.69) is 9.72 Å². The summed E-state index contributed by atoms with van der Waals surface area (Å²) >= 11 is 5.99. The van der Waals surface area contributed by atoms with E-state index in [0.717, 1.165) is 0 Å². The SMILES string of the molecule is COC(=O)CCCc1cc2nc(Cl)ccc2n1S(=O)(=O)c1ccc(OC)cc1C. The summed E-state index contributed by atoms with van der Waals surface area (Å²) in [4.78, 5) is 15.8. The highest BCUT2D eigenvalue weighted by atomic mass is 35.5. The molecule has 2 heterocycles. The fraction of sp³-hybridized carbons (Fsp3) is 0.300. The number of aryl methyl sites for hydroxylation is 2. The molecule has 0 spiro atoms. The van der Waals surface area contributed by atoms with Crippen molar-refractivity contribution in [3.63, 3.8) is 0 Å². The second-order valence-electron chi connectivity index (χ2n) is 6.50. The second kappa shape index (κ2) is 8.42. The molecule has 1 aromatic carbocycles. The number of aromatic nitrogens is 2. The zero-order valence-corrected chi connectivity index (χ0v) is 17.9. The molecule has 2 aromatic heterocycles. The number of benzene rings is 1. The molecule has 3 aromatic rings. The zero-order chi connectivity index (χ0) is 21.2. The molecule has 0 amide bonds. The number of nitrogens with zero attached hydrogens (tertiary/aromatic N) is 2. The summed E-state index contributed by atoms with van der Waals surface area (Å²) < 4.78 is 38.2. The zero-order valence-electron chi connectivity index (χ0n) is 16.3. The second-order valence-corrected chi connectivity index (χ2v) is 8.65. The van der Waals surface area contributed by atoms with Crippen molar-refractivity contribution >= 4 is 38.6 Å². The van der Waals surface area contributed by atoms with Gasteiger partial charge in [-0.15, -0.1) is 0 Å². The van der Waals surface area contributed by atoms with Gasteiger partial charge in [-0.25, -0.2) is 17.4 Å². The lowest BCUT2D eigenvalue weighted by molar-refractivity contribution is -0.140. The third-order valence-electron chi connectivity index (χ3n) is 4.59. The number of carbonyl (C=O) groups excluding carboxylic acids is 1. The topological polar surface area (TPSA) is 87.5 Å². The Morgan fingerprint density at radius 2 is 1.93 bits per heavy atom. The molecule has 0 aliphatic carbocycles. The normalized spacial score (nSPS) is 11.6. The van der Waals surface area contributed by atoms with Gasteiger partial charge in [0.2, 0.25) is 0 Å². The predicted octanol–water partition coefficient (Wildman–Crippen LogP) is 3.74. The van der Waals surface area contributed by atoms with E-state index in [0.29, 0.717) is 40.9 Å². The molecule has 0 saturated carbocycles. The van der Waals surface area contributed by atoms with Gasteiger partial charge in [0, 0.05) is 12.1 Å². The van der Waals surface area contributed by atoms with E-state index in [1.54, 1.807) is 37.3 Å². The largest absolute Gasteiger partial charge is 0.497 e. The number of carbonyl (C=O) groups is 1. The van der Waals surface area contributed by atoms with Crippen LogP contribution >= 0.6 is 11.6 Å². The van der Waals surface area contributed by atoms with Crippen LogP contribution in [0, 0.1) is 6.92 Å². The summed E-state index contributed by atoms with van der Waals surface area (Å²) in [6.07, 6.45) is 0.985. The van der Waals surface area contributed by atoms with Crippen molar-refractivity contribution in [3.8, 4) is 5.75 Å². The number of methoxy groups -OCH3 is 2. The average Bonchev–Trinajstić information content (AvgIpc) is 3.05. The van der Waals surface area contributed by atoms with Gasteiger partial charge in [-0.1, -0.05) is 11.6 Å². The Morgan fingerprint density at radius 3 is 2.59 bits per heavy atom. The van der Waals surface area contributed by atoms with Gasteiger partial charge < -0.3 is 9.47 Å². The third kappa shape index (κ3) is 4.23. The maximum Gasteiger partial charge on any atom is 0.305 e. The number of hydrogen-bond acceptors (Lipinski definition) is 6. The summed E-state index contributed by atoms with van der Waals surface area (Å²) in [6.45, 7) is 1.72. The summed E-state index contributed by atoms with van der Waals surface area (Å²) in [7, 11) is -1.07. The van der Waals surface area contributed by atoms with Crippen molar-refractivity contribution in [2.24, 2.45) is 0 Å². The lowest BCUT2D eigenvalue weighted by Crippen LogP contribution is -2.17. The number of esters is 1. The number of fused-ring (bicyclic) bond motifs is 1. The van der Waals surface area contributed by atoms with Crippen molar-refractivity contribution in [2.45, 2.75) is 31.1 Å². The molecule has 0 atom stereocenters. The number of pyridine rings is 1. The van der Waals surface area contributed by atoms with E-state index in [9.17, 15) is 13.2 Å². The fourth-order valence-corrected chi connectivity index (χ4v) is 5.12. The van der Waals surface area contributed by atoms with Crippen LogP contribution in [0.2, 0.25) is 5.15 Å². The average molecular weight is 437 g/mol. The molecule has 29 heavy (non-hydrogen) atoms. The van der Waals surface area contributed by atoms with Gasteiger partial charge >= 0.3 is 5.97 Å². The van der Waals surface area contributed by atoms with Crippen LogP contribution in [0.4, 0.5) is 0 Å². The minimum Gasteiger partial charge on any atom is -0.497 e. The maximum absolute atomic E-state index is 13.6. The highest BCUT2D eigenvalue weighted by molar-refractivity contribution is 7.90. The molecule has 0 aliphatic rings. The van der Waals surface area contributed by atoms with Gasteiger partial charge in [0.1, 0.15) is 10.9 Å². The van der Waals surface area contributed by atoms with E-state index in [-0.39, 0.29) is 22.4 Å². The van der Waals surface area contributed by atoms with Gasteiger partial charge in [-0.2, -0.15) is 0 Å². The monoisotopic (exact) mass is 436 g/mol. The van der Waals surface area contributed by atoms with E-state index in [1.807, 2.05) is 0 Å². The van der Waals surface area contributed by atoms with Crippen LogP contribution in [0.3, 0.4) is 0 Å². The Kier molecular flexibility index (Phi) is 6.14. The Hall–Kier alpha value is -2.58. The Bertz CT molecular complexity index is 1170. The van der Waals surface area contributed by atoms with Gasteiger partial charge in [0.25, 0.3) is 10.0 Å². The molecule has 154 valence electrons. The van der Waals surface area contributed by atoms with Crippen LogP contribution in [0.1, 0.15) is 24.1 Å². The number of ether oxygens (including phenoxy) is 2. The molecule has 0 fully saturated rings. The molecule has 0 saturated heterocycles. The molecular weight excluding hydrogens is 416 g/mol. The highest BCUT2D eigenvalue weighted by Gasteiger charge is 2.25. The molecule has 3 rings (SSSR count). The minimum atomic E-state index is -3.92. The third-order valence-corrected chi connectivity index (χ3v) is 6.73. The van der Waals surface area contributed by atoms with Crippen LogP contribution in [0.15, 0.2) is 41.3 Å². The fourth-order valence-electron chi connectivity index (χ4n) is 3.20. The van der Waals surface area contributed by atoms with Crippen LogP contribution in [-0.2, 0) is 26.0 Å². The molecule has 9 heteroatoms. The molecule has 7 nitrogen and oxygen atoms in total. The lowest BCUT2D eigenvalue weighted by atomic mass is 10.2. The van der Waals surface area contributed by atoms with E-state index in [1.165, 1.54) is 24.3 Å². The first-order chi connectivity index (χ1) is 13.8. The van der Waals surface area contributed by atoms with E-state index < -0.39 is 10.0 Å². The number of rotatable bonds is 7. The van der Waals surface area contributed by atoms with E-state index in [4.69, 9.17) is 16.3 Å². The van der Waals surface area contributed by atoms with Gasteiger partial charge in [-0.05, 0) is 61.7 Å². The van der Waals surface area contributed by atoms with Crippen LogP contribution in [0.5, 0.6) is 5.75 Å². The van der Waals surface area contributed by atoms with Crippen molar-refractivity contribution in [2.75, 3.05) is 14.2 Å². The first-order valence-electron chi connectivity index (χ1n) is 8.92. The van der Waals surface area contributed by atoms with Gasteiger partial charge in [-0.3, -0.25) is 4.79 Å². The van der Waals surface area contributed by atoms with Gasteiger partial charge in [0.15, 0.2) is 0 Å². The van der Waals surface area contributed by atoms with Crippen LogP contribution in [-0.4, -0.2) is 37.6 Å². The van der Waals surface area contributed by atoms with Crippen molar-refractivity contribution < 1.29 is 22.7 Å². The van der Waals surface area contributed by atoms with Crippen molar-refractivity contribution in [1.82, 2.24) is 8.96 Å². The Labute approximate surface area is 174 Å². The Balaban J connectivity index is 2.13. The van der Waals surface area contributed by atoms with Crippen LogP contribution in [0.25, 0.3) is 11.0 Å². The first kappa shape index (κ1) is 21.1. The highest BCUT2D eigenvalue weighted by Crippen LogP contribution is 2.29. The smallest absolute Gasteiger partial charge is 0.305 e. The summed E-state index contributed by atoms with van der Waals surface area (Å²) in [5.74, 6) is 0.230. The van der Waals surface area contributed by atoms with Crippen molar-refractivity contribution in [1.29, 1.82) is 0 Å². The maximum atomic E-state index is 13.6. The predicted molar refractivity (Wildman–Crippen MR) is 110 cm³/mol. The molecule has 0 N–H and O–H groups in total. The molecule has 0 unspecified atom stereocenters. The minimum absolute atomic E-state index is 0.167. The number of halogens is 1. The molecular formula is C20H21ClN2O5S. The van der Waals surface area contributed by atoms with E-state index >= 15 is 0 Å².